The summed E-state index contributed by atoms with van der Waals surface area (Å²) < 4.78 is 5.08. The highest BCUT2D eigenvalue weighted by molar-refractivity contribution is 5.97. The van der Waals surface area contributed by atoms with Crippen molar-refractivity contribution in [3.8, 4) is 5.75 Å². The number of benzene rings is 2. The first-order chi connectivity index (χ1) is 12.3. The lowest BCUT2D eigenvalue weighted by molar-refractivity contribution is -0.116. The van der Waals surface area contributed by atoms with Gasteiger partial charge in [-0.05, 0) is 56.2 Å². The van der Waals surface area contributed by atoms with E-state index in [0.717, 1.165) is 22.4 Å². The first-order valence-corrected chi connectivity index (χ1v) is 8.34. The van der Waals surface area contributed by atoms with Crippen LogP contribution in [0.2, 0.25) is 0 Å². The molecule has 2 N–H and O–H groups in total. The molecule has 3 amide bonds. The molecule has 0 atom stereocenters. The fraction of sp³-hybridized carbons (Fsp3) is 0.300. The predicted octanol–water partition coefficient (Wildman–Crippen LogP) is 3.72. The zero-order chi connectivity index (χ0) is 19.3. The maximum Gasteiger partial charge on any atom is 0.322 e. The van der Waals surface area contributed by atoms with Gasteiger partial charge in [-0.15, -0.1) is 0 Å². The Hall–Kier alpha value is -3.02. The number of anilines is 2. The van der Waals surface area contributed by atoms with Crippen LogP contribution in [-0.2, 0) is 4.79 Å². The number of carbonyl (C=O) groups is 2. The highest BCUT2D eigenvalue weighted by Crippen LogP contribution is 2.22. The molecule has 0 aliphatic rings. The molecule has 0 heterocycles. The van der Waals surface area contributed by atoms with Gasteiger partial charge in [0.25, 0.3) is 0 Å². The summed E-state index contributed by atoms with van der Waals surface area (Å²) in [5.41, 5.74) is 4.58. The number of methoxy groups -OCH3 is 1. The van der Waals surface area contributed by atoms with E-state index in [1.54, 1.807) is 38.4 Å². The van der Waals surface area contributed by atoms with Crippen LogP contribution < -0.4 is 15.4 Å². The van der Waals surface area contributed by atoms with Crippen molar-refractivity contribution in [3.05, 3.63) is 53.1 Å². The number of hydrogen-bond donors (Lipinski definition) is 2. The Labute approximate surface area is 154 Å². The maximum absolute atomic E-state index is 12.3. The highest BCUT2D eigenvalue weighted by atomic mass is 16.5. The third kappa shape index (κ3) is 4.99. The van der Waals surface area contributed by atoms with Gasteiger partial charge in [0, 0.05) is 18.4 Å². The molecular formula is C20H25N3O3. The van der Waals surface area contributed by atoms with Crippen molar-refractivity contribution >= 4 is 23.3 Å². The standard InChI is InChI=1S/C20H25N3O3/c1-13-10-14(2)19(15(3)11-13)22-18(24)12-23(4)20(25)21-16-6-8-17(26-5)9-7-16/h6-11H,12H2,1-5H3,(H,21,25)(H,22,24). The number of likely N-dealkylation sites (N-methyl/N-ethyl adjacent to an activating group) is 1. The van der Waals surface area contributed by atoms with Gasteiger partial charge >= 0.3 is 6.03 Å². The number of amides is 3. The monoisotopic (exact) mass is 355 g/mol. The number of aryl methyl sites for hydroxylation is 3. The van der Waals surface area contributed by atoms with E-state index in [0.29, 0.717) is 11.4 Å². The van der Waals surface area contributed by atoms with Gasteiger partial charge in [-0.3, -0.25) is 4.79 Å². The number of carbonyl (C=O) groups excluding carboxylic acids is 2. The summed E-state index contributed by atoms with van der Waals surface area (Å²) in [6, 6.07) is 10.7. The molecule has 0 spiro atoms. The topological polar surface area (TPSA) is 70.7 Å². The summed E-state index contributed by atoms with van der Waals surface area (Å²) in [4.78, 5) is 25.9. The second kappa shape index (κ2) is 8.38. The van der Waals surface area contributed by atoms with Gasteiger partial charge in [0.05, 0.1) is 7.11 Å². The molecule has 0 radical (unpaired) electrons. The Morgan fingerprint density at radius 2 is 1.58 bits per heavy atom. The van der Waals surface area contributed by atoms with Crippen molar-refractivity contribution in [2.24, 2.45) is 0 Å². The molecule has 0 aliphatic carbocycles. The molecule has 0 aromatic heterocycles. The van der Waals surface area contributed by atoms with E-state index in [2.05, 4.69) is 10.6 Å². The summed E-state index contributed by atoms with van der Waals surface area (Å²) >= 11 is 0. The molecule has 138 valence electrons. The van der Waals surface area contributed by atoms with Gasteiger partial charge in [-0.1, -0.05) is 17.7 Å². The number of nitrogens with one attached hydrogen (secondary N) is 2. The second-order valence-corrected chi connectivity index (χ2v) is 6.34. The number of hydrogen-bond acceptors (Lipinski definition) is 3. The van der Waals surface area contributed by atoms with Crippen LogP contribution in [0.15, 0.2) is 36.4 Å². The summed E-state index contributed by atoms with van der Waals surface area (Å²) in [6.45, 7) is 5.88. The number of ether oxygens (including phenoxy) is 1. The van der Waals surface area contributed by atoms with Gasteiger partial charge in [-0.25, -0.2) is 4.79 Å². The van der Waals surface area contributed by atoms with Crippen molar-refractivity contribution in [2.45, 2.75) is 20.8 Å². The van der Waals surface area contributed by atoms with Gasteiger partial charge in [0.15, 0.2) is 0 Å². The Balaban J connectivity index is 1.94. The lowest BCUT2D eigenvalue weighted by Crippen LogP contribution is -2.37. The second-order valence-electron chi connectivity index (χ2n) is 6.34. The molecule has 0 saturated carbocycles. The molecule has 2 aromatic rings. The molecule has 26 heavy (non-hydrogen) atoms. The van der Waals surface area contributed by atoms with E-state index in [9.17, 15) is 9.59 Å². The number of nitrogens with zero attached hydrogens (tertiary/aromatic N) is 1. The molecular weight excluding hydrogens is 330 g/mol. The average Bonchev–Trinajstić information content (AvgIpc) is 2.58. The van der Waals surface area contributed by atoms with Crippen molar-refractivity contribution in [1.29, 1.82) is 0 Å². The van der Waals surface area contributed by atoms with E-state index in [-0.39, 0.29) is 18.5 Å². The van der Waals surface area contributed by atoms with Crippen LogP contribution in [0.25, 0.3) is 0 Å². The minimum Gasteiger partial charge on any atom is -0.497 e. The van der Waals surface area contributed by atoms with Crippen molar-refractivity contribution in [2.75, 3.05) is 31.3 Å². The zero-order valence-corrected chi connectivity index (χ0v) is 15.8. The van der Waals surface area contributed by atoms with Crippen molar-refractivity contribution in [1.82, 2.24) is 4.90 Å². The third-order valence-corrected chi connectivity index (χ3v) is 4.01. The minimum atomic E-state index is -0.359. The van der Waals surface area contributed by atoms with Gasteiger partial charge in [0.1, 0.15) is 12.3 Å². The molecule has 0 saturated heterocycles. The van der Waals surface area contributed by atoms with Crippen LogP contribution in [0.4, 0.5) is 16.2 Å². The fourth-order valence-corrected chi connectivity index (χ4v) is 2.74. The van der Waals surface area contributed by atoms with Gasteiger partial charge < -0.3 is 20.3 Å². The molecule has 6 heteroatoms. The maximum atomic E-state index is 12.3. The van der Waals surface area contributed by atoms with Crippen molar-refractivity contribution < 1.29 is 14.3 Å². The molecule has 2 rings (SSSR count). The number of rotatable bonds is 5. The first kappa shape index (κ1) is 19.3. The smallest absolute Gasteiger partial charge is 0.322 e. The Morgan fingerprint density at radius 3 is 2.12 bits per heavy atom. The van der Waals surface area contributed by atoms with Gasteiger partial charge in [-0.2, -0.15) is 0 Å². The zero-order valence-electron chi connectivity index (χ0n) is 15.8. The Kier molecular flexibility index (Phi) is 6.22. The van der Waals surface area contributed by atoms with E-state index in [1.807, 2.05) is 32.9 Å². The third-order valence-electron chi connectivity index (χ3n) is 4.01. The van der Waals surface area contributed by atoms with Crippen LogP contribution >= 0.6 is 0 Å². The van der Waals surface area contributed by atoms with Crippen molar-refractivity contribution in [3.63, 3.8) is 0 Å². The summed E-state index contributed by atoms with van der Waals surface area (Å²) in [5, 5.41) is 5.64. The molecule has 6 nitrogen and oxygen atoms in total. The van der Waals surface area contributed by atoms with Crippen LogP contribution in [0, 0.1) is 20.8 Å². The first-order valence-electron chi connectivity index (χ1n) is 8.34. The fourth-order valence-electron chi connectivity index (χ4n) is 2.74. The quantitative estimate of drug-likeness (QED) is 0.859. The average molecular weight is 355 g/mol. The molecule has 0 aliphatic heterocycles. The molecule has 2 aromatic carbocycles. The SMILES string of the molecule is COc1ccc(NC(=O)N(C)CC(=O)Nc2c(C)cc(C)cc2C)cc1. The lowest BCUT2D eigenvalue weighted by atomic mass is 10.1. The number of urea groups is 1. The normalized spacial score (nSPS) is 10.2. The van der Waals surface area contributed by atoms with Crippen LogP contribution in [0.1, 0.15) is 16.7 Å². The summed E-state index contributed by atoms with van der Waals surface area (Å²) in [7, 11) is 3.16. The minimum absolute atomic E-state index is 0.0469. The Morgan fingerprint density at radius 1 is 1.00 bits per heavy atom. The summed E-state index contributed by atoms with van der Waals surface area (Å²) in [5.74, 6) is 0.465. The van der Waals surface area contributed by atoms with Gasteiger partial charge in [0.2, 0.25) is 5.91 Å². The summed E-state index contributed by atoms with van der Waals surface area (Å²) in [6.07, 6.45) is 0. The molecule has 0 fully saturated rings. The largest absolute Gasteiger partial charge is 0.497 e. The predicted molar refractivity (Wildman–Crippen MR) is 104 cm³/mol. The lowest BCUT2D eigenvalue weighted by Gasteiger charge is -2.19. The van der Waals surface area contributed by atoms with E-state index >= 15 is 0 Å². The van der Waals surface area contributed by atoms with E-state index in [1.165, 1.54) is 4.90 Å². The van der Waals surface area contributed by atoms with E-state index < -0.39 is 0 Å². The van der Waals surface area contributed by atoms with E-state index in [4.69, 9.17) is 4.74 Å². The van der Waals surface area contributed by atoms with Crippen LogP contribution in [0.3, 0.4) is 0 Å². The van der Waals surface area contributed by atoms with Crippen LogP contribution in [-0.4, -0.2) is 37.5 Å². The highest BCUT2D eigenvalue weighted by Gasteiger charge is 2.15. The Bertz CT molecular complexity index is 777. The van der Waals surface area contributed by atoms with Crippen LogP contribution in [0.5, 0.6) is 5.75 Å². The molecule has 0 unspecified atom stereocenters. The molecule has 0 bridgehead atoms.